The summed E-state index contributed by atoms with van der Waals surface area (Å²) in [7, 11) is 0. The highest BCUT2D eigenvalue weighted by Gasteiger charge is 2.20. The van der Waals surface area contributed by atoms with E-state index < -0.39 is 0 Å². The lowest BCUT2D eigenvalue weighted by Crippen LogP contribution is -2.38. The number of nitrogens with zero attached hydrogens (tertiary/aromatic N) is 2. The van der Waals surface area contributed by atoms with Crippen LogP contribution in [0.3, 0.4) is 0 Å². The second kappa shape index (κ2) is 5.25. The summed E-state index contributed by atoms with van der Waals surface area (Å²) in [6, 6.07) is 1.52. The van der Waals surface area contributed by atoms with Crippen LogP contribution in [0, 0.1) is 0 Å². The normalized spacial score (nSPS) is 16.2. The second-order valence-corrected chi connectivity index (χ2v) is 5.41. The van der Waals surface area contributed by atoms with Crippen molar-refractivity contribution in [2.45, 2.75) is 0 Å². The Labute approximate surface area is 108 Å². The topological polar surface area (TPSA) is 33.2 Å². The van der Waals surface area contributed by atoms with Crippen LogP contribution in [-0.4, -0.2) is 40.4 Å². The van der Waals surface area contributed by atoms with Gasteiger partial charge in [-0.2, -0.15) is 11.8 Å². The molecule has 0 unspecified atom stereocenters. The molecule has 6 heteroatoms. The summed E-state index contributed by atoms with van der Waals surface area (Å²) in [5, 5.41) is 0.645. The van der Waals surface area contributed by atoms with E-state index in [4.69, 9.17) is 23.2 Å². The third-order valence-electron chi connectivity index (χ3n) is 2.35. The van der Waals surface area contributed by atoms with Crippen LogP contribution in [-0.2, 0) is 0 Å². The van der Waals surface area contributed by atoms with Crippen LogP contribution in [0.5, 0.6) is 0 Å². The first-order valence-electron chi connectivity index (χ1n) is 4.86. The number of halogens is 2. The van der Waals surface area contributed by atoms with Crippen LogP contribution >= 0.6 is 35.0 Å². The van der Waals surface area contributed by atoms with Crippen LogP contribution < -0.4 is 0 Å². The molecule has 0 aromatic carbocycles. The number of carbonyl (C=O) groups is 1. The fourth-order valence-electron chi connectivity index (χ4n) is 1.51. The van der Waals surface area contributed by atoms with Gasteiger partial charge in [0.2, 0.25) is 0 Å². The summed E-state index contributed by atoms with van der Waals surface area (Å²) in [4.78, 5) is 17.7. The van der Waals surface area contributed by atoms with E-state index >= 15 is 0 Å². The first-order valence-corrected chi connectivity index (χ1v) is 6.77. The Balaban J connectivity index is 2.22. The summed E-state index contributed by atoms with van der Waals surface area (Å²) in [6.45, 7) is 1.53. The van der Waals surface area contributed by atoms with Crippen molar-refractivity contribution in [2.24, 2.45) is 0 Å². The van der Waals surface area contributed by atoms with Crippen molar-refractivity contribution in [1.82, 2.24) is 9.88 Å². The molecular formula is C10H10Cl2N2OS. The van der Waals surface area contributed by atoms with E-state index in [-0.39, 0.29) is 5.91 Å². The van der Waals surface area contributed by atoms with Crippen molar-refractivity contribution in [3.8, 4) is 0 Å². The lowest BCUT2D eigenvalue weighted by atomic mass is 10.2. The Hall–Kier alpha value is -0.450. The van der Waals surface area contributed by atoms with Gasteiger partial charge in [-0.25, -0.2) is 4.98 Å². The molecule has 1 aliphatic heterocycles. The fourth-order valence-corrected chi connectivity index (χ4v) is 2.76. The zero-order valence-electron chi connectivity index (χ0n) is 8.45. The van der Waals surface area contributed by atoms with E-state index in [9.17, 15) is 4.79 Å². The molecule has 1 amide bonds. The minimum atomic E-state index is -0.0606. The molecule has 1 fully saturated rings. The Bertz CT molecular complexity index is 408. The van der Waals surface area contributed by atoms with Gasteiger partial charge >= 0.3 is 0 Å². The average Bonchev–Trinajstić information content (AvgIpc) is 2.32. The maximum atomic E-state index is 12.1. The molecule has 0 N–H and O–H groups in total. The highest BCUT2D eigenvalue weighted by molar-refractivity contribution is 7.99. The molecule has 3 nitrogen and oxygen atoms in total. The standard InChI is InChI=1S/C10H10Cl2N2OS/c11-8-6-13-9(12)5-7(8)10(15)14-1-3-16-4-2-14/h5-6H,1-4H2. The second-order valence-electron chi connectivity index (χ2n) is 3.39. The molecule has 1 saturated heterocycles. The van der Waals surface area contributed by atoms with Crippen LogP contribution in [0.4, 0.5) is 0 Å². The number of amides is 1. The molecule has 1 aliphatic rings. The Kier molecular flexibility index (Phi) is 3.95. The largest absolute Gasteiger partial charge is 0.337 e. The summed E-state index contributed by atoms with van der Waals surface area (Å²) >= 11 is 13.5. The highest BCUT2D eigenvalue weighted by atomic mass is 35.5. The van der Waals surface area contributed by atoms with Gasteiger partial charge in [-0.15, -0.1) is 0 Å². The molecule has 16 heavy (non-hydrogen) atoms. The van der Waals surface area contributed by atoms with Crippen LogP contribution in [0.1, 0.15) is 10.4 Å². The van der Waals surface area contributed by atoms with E-state index in [1.807, 2.05) is 11.8 Å². The summed E-state index contributed by atoms with van der Waals surface area (Å²) in [5.41, 5.74) is 0.438. The van der Waals surface area contributed by atoms with E-state index in [0.717, 1.165) is 24.6 Å². The molecule has 0 saturated carbocycles. The predicted octanol–water partition coefficient (Wildman–Crippen LogP) is 2.58. The fraction of sp³-hybridized carbons (Fsp3) is 0.400. The van der Waals surface area contributed by atoms with E-state index in [1.165, 1.54) is 12.3 Å². The third kappa shape index (κ3) is 2.62. The van der Waals surface area contributed by atoms with Crippen LogP contribution in [0.25, 0.3) is 0 Å². The molecule has 0 bridgehead atoms. The smallest absolute Gasteiger partial charge is 0.255 e. The van der Waals surface area contributed by atoms with Crippen molar-refractivity contribution in [3.63, 3.8) is 0 Å². The number of hydrogen-bond donors (Lipinski definition) is 0. The van der Waals surface area contributed by atoms with Gasteiger partial charge < -0.3 is 4.90 Å². The Morgan fingerprint density at radius 3 is 2.75 bits per heavy atom. The molecule has 1 aromatic rings. The van der Waals surface area contributed by atoms with Gasteiger partial charge in [-0.3, -0.25) is 4.79 Å². The molecule has 1 aromatic heterocycles. The summed E-state index contributed by atoms with van der Waals surface area (Å²) in [6.07, 6.45) is 1.41. The molecule has 0 spiro atoms. The molecule has 0 atom stereocenters. The maximum Gasteiger partial charge on any atom is 0.255 e. The van der Waals surface area contributed by atoms with Crippen molar-refractivity contribution >= 4 is 40.9 Å². The number of carbonyl (C=O) groups excluding carboxylic acids is 1. The molecular weight excluding hydrogens is 267 g/mol. The number of hydrogen-bond acceptors (Lipinski definition) is 3. The van der Waals surface area contributed by atoms with Crippen molar-refractivity contribution in [2.75, 3.05) is 24.6 Å². The van der Waals surface area contributed by atoms with Gasteiger partial charge in [0.15, 0.2) is 0 Å². The Morgan fingerprint density at radius 2 is 2.06 bits per heavy atom. The molecule has 2 rings (SSSR count). The van der Waals surface area contributed by atoms with Crippen molar-refractivity contribution in [1.29, 1.82) is 0 Å². The highest BCUT2D eigenvalue weighted by Crippen LogP contribution is 2.21. The maximum absolute atomic E-state index is 12.1. The Morgan fingerprint density at radius 1 is 1.38 bits per heavy atom. The number of rotatable bonds is 1. The molecule has 0 radical (unpaired) electrons. The zero-order chi connectivity index (χ0) is 11.5. The van der Waals surface area contributed by atoms with Crippen molar-refractivity contribution < 1.29 is 4.79 Å². The van der Waals surface area contributed by atoms with Crippen molar-refractivity contribution in [3.05, 3.63) is 28.0 Å². The van der Waals surface area contributed by atoms with E-state index in [2.05, 4.69) is 4.98 Å². The predicted molar refractivity (Wildman–Crippen MR) is 67.5 cm³/mol. The minimum absolute atomic E-state index is 0.0606. The molecule has 2 heterocycles. The van der Waals surface area contributed by atoms with Gasteiger partial charge in [0.25, 0.3) is 5.91 Å². The molecule has 0 aliphatic carbocycles. The van der Waals surface area contributed by atoms with Gasteiger partial charge in [-0.05, 0) is 6.07 Å². The quantitative estimate of drug-likeness (QED) is 0.740. The van der Waals surface area contributed by atoms with Crippen LogP contribution in [0.2, 0.25) is 10.2 Å². The first kappa shape index (κ1) is 12.0. The van der Waals surface area contributed by atoms with Gasteiger partial charge in [0.1, 0.15) is 5.15 Å². The number of pyridine rings is 1. The number of aromatic nitrogens is 1. The summed E-state index contributed by atoms with van der Waals surface area (Å²) < 4.78 is 0. The summed E-state index contributed by atoms with van der Waals surface area (Å²) in [5.74, 6) is 1.89. The first-order chi connectivity index (χ1) is 7.68. The minimum Gasteiger partial charge on any atom is -0.337 e. The van der Waals surface area contributed by atoms with Gasteiger partial charge in [0, 0.05) is 30.8 Å². The lowest BCUT2D eigenvalue weighted by Gasteiger charge is -2.26. The lowest BCUT2D eigenvalue weighted by molar-refractivity contribution is 0.0772. The van der Waals surface area contributed by atoms with Crippen LogP contribution in [0.15, 0.2) is 12.3 Å². The SMILES string of the molecule is O=C(c1cc(Cl)ncc1Cl)N1CCSCC1. The third-order valence-corrected chi connectivity index (χ3v) is 3.80. The van der Waals surface area contributed by atoms with Gasteiger partial charge in [0.05, 0.1) is 10.6 Å². The zero-order valence-corrected chi connectivity index (χ0v) is 10.8. The van der Waals surface area contributed by atoms with Gasteiger partial charge in [-0.1, -0.05) is 23.2 Å². The average molecular weight is 277 g/mol. The van der Waals surface area contributed by atoms with E-state index in [1.54, 1.807) is 4.90 Å². The molecule has 86 valence electrons. The van der Waals surface area contributed by atoms with E-state index in [0.29, 0.717) is 15.7 Å². The number of thioether (sulfide) groups is 1. The monoisotopic (exact) mass is 276 g/mol.